The van der Waals surface area contributed by atoms with Crippen LogP contribution in [-0.4, -0.2) is 8.32 Å². The summed E-state index contributed by atoms with van der Waals surface area (Å²) in [5, 5.41) is 0. The summed E-state index contributed by atoms with van der Waals surface area (Å²) >= 11 is 0. The Morgan fingerprint density at radius 1 is 1.08 bits per heavy atom. The topological polar surface area (TPSA) is 18.5 Å². The molecule has 3 heteroatoms. The second kappa shape index (κ2) is 9.55. The van der Waals surface area contributed by atoms with E-state index in [1.807, 2.05) is 0 Å². The fraction of sp³-hybridized carbons (Fsp3) is 0.619. The third-order valence-corrected chi connectivity index (χ3v) is 9.79. The lowest BCUT2D eigenvalue weighted by molar-refractivity contribution is -0.318. The van der Waals surface area contributed by atoms with E-state index >= 15 is 0 Å². The van der Waals surface area contributed by atoms with Gasteiger partial charge in [-0.1, -0.05) is 69.7 Å². The molecule has 136 valence electrons. The lowest BCUT2D eigenvalue weighted by Gasteiger charge is -2.38. The zero-order valence-corrected chi connectivity index (χ0v) is 17.7. The van der Waals surface area contributed by atoms with Crippen molar-refractivity contribution in [2.75, 3.05) is 0 Å². The number of hydrogen-bond donors (Lipinski definition) is 0. The third kappa shape index (κ3) is 5.30. The molecule has 0 fully saturated rings. The van der Waals surface area contributed by atoms with E-state index < -0.39 is 13.9 Å². The van der Waals surface area contributed by atoms with Crippen molar-refractivity contribution in [1.29, 1.82) is 0 Å². The zero-order chi connectivity index (χ0) is 18.2. The molecule has 2 unspecified atom stereocenters. The molecular weight excluding hydrogens is 312 g/mol. The van der Waals surface area contributed by atoms with Gasteiger partial charge in [0.25, 0.3) is 0 Å². The molecule has 0 aliphatic heterocycles. The van der Waals surface area contributed by atoms with Crippen molar-refractivity contribution in [1.82, 2.24) is 0 Å². The van der Waals surface area contributed by atoms with E-state index in [2.05, 4.69) is 84.9 Å². The van der Waals surface area contributed by atoms with Gasteiger partial charge < -0.3 is 0 Å². The van der Waals surface area contributed by atoms with E-state index in [0.29, 0.717) is 5.92 Å². The summed E-state index contributed by atoms with van der Waals surface area (Å²) in [7, 11) is -1.79. The fourth-order valence-corrected chi connectivity index (χ4v) is 5.13. The molecular formula is C21H36O2Si. The monoisotopic (exact) mass is 348 g/mol. The highest BCUT2D eigenvalue weighted by Crippen LogP contribution is 2.38. The van der Waals surface area contributed by atoms with Gasteiger partial charge in [0.2, 0.25) is 8.32 Å². The van der Waals surface area contributed by atoms with Crippen LogP contribution in [0.4, 0.5) is 0 Å². The molecule has 0 saturated carbocycles. The summed E-state index contributed by atoms with van der Waals surface area (Å²) in [6, 6.07) is 13.8. The number of allylic oxidation sites excluding steroid dienone is 2. The summed E-state index contributed by atoms with van der Waals surface area (Å²) in [6.07, 6.45) is 3.27. The molecule has 24 heavy (non-hydrogen) atoms. The quantitative estimate of drug-likeness (QED) is 0.199. The highest BCUT2D eigenvalue weighted by atomic mass is 28.4. The van der Waals surface area contributed by atoms with E-state index in [-0.39, 0.29) is 0 Å². The first-order valence-corrected chi connectivity index (χ1v) is 11.9. The second-order valence-electron chi connectivity index (χ2n) is 7.30. The molecule has 0 bridgehead atoms. The maximum Gasteiger partial charge on any atom is 0.238 e. The van der Waals surface area contributed by atoms with E-state index in [1.54, 1.807) is 0 Å². The molecule has 0 aliphatic rings. The standard InChI is InChI=1S/C21H36O2Si/c1-8-24(9-2,10-3)23-22-21(7,19(6)17-16-18(4)5)20-14-12-11-13-15-20/h11-16,19H,8-10,17H2,1-7H3. The van der Waals surface area contributed by atoms with E-state index in [0.717, 1.165) is 24.6 Å². The van der Waals surface area contributed by atoms with Gasteiger partial charge in [-0.25, -0.2) is 4.89 Å². The first-order valence-electron chi connectivity index (χ1n) is 9.39. The van der Waals surface area contributed by atoms with Gasteiger partial charge in [0.15, 0.2) is 0 Å². The van der Waals surface area contributed by atoms with Crippen LogP contribution in [0.5, 0.6) is 0 Å². The van der Waals surface area contributed by atoms with Crippen LogP contribution in [-0.2, 0) is 15.1 Å². The van der Waals surface area contributed by atoms with Crippen LogP contribution in [0, 0.1) is 5.92 Å². The third-order valence-electron chi connectivity index (χ3n) is 5.49. The molecule has 0 aromatic heterocycles. The second-order valence-corrected chi connectivity index (χ2v) is 12.0. The molecule has 0 N–H and O–H groups in total. The van der Waals surface area contributed by atoms with Crippen molar-refractivity contribution >= 4 is 8.32 Å². The number of hydrogen-bond acceptors (Lipinski definition) is 2. The van der Waals surface area contributed by atoms with Gasteiger partial charge in [0, 0.05) is 0 Å². The minimum absolute atomic E-state index is 0.326. The lowest BCUT2D eigenvalue weighted by atomic mass is 9.82. The summed E-state index contributed by atoms with van der Waals surface area (Å²) < 4.78 is 6.24. The van der Waals surface area contributed by atoms with Crippen LogP contribution >= 0.6 is 0 Å². The van der Waals surface area contributed by atoms with Crippen molar-refractivity contribution < 1.29 is 9.46 Å². The summed E-state index contributed by atoms with van der Waals surface area (Å²) in [5.74, 6) is 0.326. The van der Waals surface area contributed by atoms with Gasteiger partial charge in [-0.15, -0.1) is 0 Å². The summed E-state index contributed by atoms with van der Waals surface area (Å²) in [5.41, 5.74) is 2.09. The molecule has 0 radical (unpaired) electrons. The predicted molar refractivity (Wildman–Crippen MR) is 106 cm³/mol. The number of benzene rings is 1. The van der Waals surface area contributed by atoms with Crippen LogP contribution in [0.2, 0.25) is 18.1 Å². The molecule has 1 rings (SSSR count). The Balaban J connectivity index is 3.08. The molecule has 0 amide bonds. The van der Waals surface area contributed by atoms with Crippen molar-refractivity contribution in [3.05, 3.63) is 47.5 Å². The zero-order valence-electron chi connectivity index (χ0n) is 16.7. The van der Waals surface area contributed by atoms with Crippen molar-refractivity contribution in [3.8, 4) is 0 Å². The predicted octanol–water partition coefficient (Wildman–Crippen LogP) is 6.85. The Morgan fingerprint density at radius 3 is 2.08 bits per heavy atom. The molecule has 2 nitrogen and oxygen atoms in total. The van der Waals surface area contributed by atoms with Crippen LogP contribution in [0.1, 0.15) is 60.5 Å². The van der Waals surface area contributed by atoms with Crippen LogP contribution < -0.4 is 0 Å². The Bertz CT molecular complexity index is 496. The highest BCUT2D eigenvalue weighted by molar-refractivity contribution is 6.73. The first-order chi connectivity index (χ1) is 11.3. The average Bonchev–Trinajstić information content (AvgIpc) is 2.61. The van der Waals surface area contributed by atoms with Crippen molar-refractivity contribution in [2.45, 2.75) is 78.6 Å². The normalized spacial score (nSPS) is 15.6. The van der Waals surface area contributed by atoms with Crippen LogP contribution in [0.15, 0.2) is 42.0 Å². The lowest BCUT2D eigenvalue weighted by Crippen LogP contribution is -2.42. The Hall–Kier alpha value is -0.903. The molecule has 1 aromatic carbocycles. The molecule has 0 aliphatic carbocycles. The molecule has 1 aromatic rings. The van der Waals surface area contributed by atoms with Gasteiger partial charge in [-0.2, -0.15) is 0 Å². The van der Waals surface area contributed by atoms with Gasteiger partial charge in [-0.05, 0) is 56.8 Å². The smallest absolute Gasteiger partial charge is 0.238 e. The maximum absolute atomic E-state index is 6.28. The van der Waals surface area contributed by atoms with Crippen molar-refractivity contribution in [3.63, 3.8) is 0 Å². The Kier molecular flexibility index (Phi) is 8.41. The maximum atomic E-state index is 6.28. The van der Waals surface area contributed by atoms with E-state index in [4.69, 9.17) is 9.46 Å². The summed E-state index contributed by atoms with van der Waals surface area (Å²) in [4.78, 5) is 6.28. The minimum Gasteiger partial charge on any atom is -0.285 e. The van der Waals surface area contributed by atoms with E-state index in [9.17, 15) is 0 Å². The SMILES string of the molecule is CC[Si](CC)(CC)OOC(C)(c1ccccc1)C(C)CC=C(C)C. The van der Waals surface area contributed by atoms with E-state index in [1.165, 1.54) is 11.1 Å². The number of rotatable bonds is 10. The largest absolute Gasteiger partial charge is 0.285 e. The Morgan fingerprint density at radius 2 is 1.62 bits per heavy atom. The Labute approximate surface area is 150 Å². The molecule has 0 saturated heterocycles. The van der Waals surface area contributed by atoms with Gasteiger partial charge in [0.1, 0.15) is 5.60 Å². The first kappa shape index (κ1) is 21.1. The average molecular weight is 349 g/mol. The highest BCUT2D eigenvalue weighted by Gasteiger charge is 2.39. The molecule has 0 heterocycles. The van der Waals surface area contributed by atoms with Gasteiger partial charge >= 0.3 is 0 Å². The molecule has 2 atom stereocenters. The fourth-order valence-electron chi connectivity index (χ4n) is 2.92. The van der Waals surface area contributed by atoms with Crippen LogP contribution in [0.3, 0.4) is 0 Å². The van der Waals surface area contributed by atoms with Crippen molar-refractivity contribution in [2.24, 2.45) is 5.92 Å². The molecule has 0 spiro atoms. The van der Waals surface area contributed by atoms with Gasteiger partial charge in [-0.3, -0.25) is 4.58 Å². The van der Waals surface area contributed by atoms with Gasteiger partial charge in [0.05, 0.1) is 0 Å². The van der Waals surface area contributed by atoms with Crippen LogP contribution in [0.25, 0.3) is 0 Å². The summed E-state index contributed by atoms with van der Waals surface area (Å²) in [6.45, 7) is 15.4. The minimum atomic E-state index is -1.79.